The van der Waals surface area contributed by atoms with Crippen LogP contribution in [0.25, 0.3) is 11.5 Å². The number of carbonyl (C=O) groups excluding carboxylic acids is 1. The zero-order chi connectivity index (χ0) is 25.7. The van der Waals surface area contributed by atoms with Gasteiger partial charge in [-0.3, -0.25) is 10.1 Å². The monoisotopic (exact) mass is 508 g/mol. The molecule has 186 valence electrons. The maximum Gasteiger partial charge on any atom is 0.322 e. The van der Waals surface area contributed by atoms with Gasteiger partial charge in [-0.2, -0.15) is 4.31 Å². The molecule has 0 bridgehead atoms. The Morgan fingerprint density at radius 2 is 1.67 bits per heavy atom. The maximum atomic E-state index is 12.9. The van der Waals surface area contributed by atoms with Crippen molar-refractivity contribution in [2.75, 3.05) is 26.6 Å². The number of ether oxygens (including phenoxy) is 2. The zero-order valence-corrected chi connectivity index (χ0v) is 20.7. The van der Waals surface area contributed by atoms with Gasteiger partial charge in [0.15, 0.2) is 11.5 Å². The van der Waals surface area contributed by atoms with Gasteiger partial charge in [-0.15, -0.1) is 5.10 Å². The second kappa shape index (κ2) is 10.6. The standard InChI is InChI=1S/C25H24N4O6S/c1-29(16-17-8-5-4-6-9-17)36(31,32)19-14-12-18(13-15-19)23(30)26-25-28-27-24(35-25)20-10-7-11-21(33-2)22(20)34-3/h4-15H,16H2,1-3H3,(H,26,28,30). The lowest BCUT2D eigenvalue weighted by Crippen LogP contribution is -2.26. The number of hydrogen-bond acceptors (Lipinski definition) is 8. The van der Waals surface area contributed by atoms with Gasteiger partial charge < -0.3 is 13.9 Å². The Labute approximate surface area is 208 Å². The van der Waals surface area contributed by atoms with E-state index in [1.807, 2.05) is 30.3 Å². The summed E-state index contributed by atoms with van der Waals surface area (Å²) >= 11 is 0. The molecular weight excluding hydrogens is 484 g/mol. The zero-order valence-electron chi connectivity index (χ0n) is 19.8. The second-order valence-electron chi connectivity index (χ2n) is 7.68. The van der Waals surface area contributed by atoms with E-state index >= 15 is 0 Å². The second-order valence-corrected chi connectivity index (χ2v) is 9.72. The van der Waals surface area contributed by atoms with Crippen LogP contribution in [-0.2, 0) is 16.6 Å². The van der Waals surface area contributed by atoms with E-state index in [2.05, 4.69) is 15.5 Å². The Morgan fingerprint density at radius 3 is 2.33 bits per heavy atom. The van der Waals surface area contributed by atoms with Crippen LogP contribution in [0.3, 0.4) is 0 Å². The summed E-state index contributed by atoms with van der Waals surface area (Å²) in [6.45, 7) is 0.225. The third kappa shape index (κ3) is 5.21. The van der Waals surface area contributed by atoms with E-state index in [1.165, 1.54) is 49.8 Å². The van der Waals surface area contributed by atoms with Crippen LogP contribution >= 0.6 is 0 Å². The van der Waals surface area contributed by atoms with Gasteiger partial charge in [0.2, 0.25) is 10.0 Å². The predicted molar refractivity (Wildman–Crippen MR) is 132 cm³/mol. The van der Waals surface area contributed by atoms with Crippen molar-refractivity contribution in [1.82, 2.24) is 14.5 Å². The first-order chi connectivity index (χ1) is 17.3. The van der Waals surface area contributed by atoms with Gasteiger partial charge >= 0.3 is 6.01 Å². The van der Waals surface area contributed by atoms with Gasteiger partial charge in [0.05, 0.1) is 24.7 Å². The van der Waals surface area contributed by atoms with Crippen LogP contribution in [0.4, 0.5) is 6.01 Å². The van der Waals surface area contributed by atoms with E-state index in [1.54, 1.807) is 18.2 Å². The molecule has 0 saturated carbocycles. The quantitative estimate of drug-likeness (QED) is 0.362. The van der Waals surface area contributed by atoms with Crippen molar-refractivity contribution in [1.29, 1.82) is 0 Å². The van der Waals surface area contributed by atoms with E-state index in [9.17, 15) is 13.2 Å². The molecule has 4 aromatic rings. The molecule has 0 unspecified atom stereocenters. The molecule has 0 spiro atoms. The molecule has 10 nitrogen and oxygen atoms in total. The van der Waals surface area contributed by atoms with Crippen molar-refractivity contribution >= 4 is 21.9 Å². The van der Waals surface area contributed by atoms with Gasteiger partial charge in [0.1, 0.15) is 0 Å². The summed E-state index contributed by atoms with van der Waals surface area (Å²) in [4.78, 5) is 12.7. The fourth-order valence-corrected chi connectivity index (χ4v) is 4.65. The number of rotatable bonds is 9. The molecule has 0 saturated heterocycles. The number of carbonyl (C=O) groups is 1. The molecule has 1 amide bonds. The van der Waals surface area contributed by atoms with Gasteiger partial charge in [-0.25, -0.2) is 8.42 Å². The summed E-state index contributed by atoms with van der Waals surface area (Å²) in [5, 5.41) is 10.3. The van der Waals surface area contributed by atoms with Crippen molar-refractivity contribution < 1.29 is 27.1 Å². The minimum atomic E-state index is -3.74. The van der Waals surface area contributed by atoms with E-state index in [0.29, 0.717) is 17.1 Å². The number of anilines is 1. The number of amides is 1. The minimum absolute atomic E-state index is 0.0719. The molecular formula is C25H24N4O6S. The Hall–Kier alpha value is -4.22. The number of methoxy groups -OCH3 is 2. The van der Waals surface area contributed by atoms with Crippen LogP contribution in [-0.4, -0.2) is 50.1 Å². The molecule has 0 aliphatic carbocycles. The average molecular weight is 509 g/mol. The lowest BCUT2D eigenvalue weighted by atomic mass is 10.2. The van der Waals surface area contributed by atoms with E-state index in [-0.39, 0.29) is 28.9 Å². The first kappa shape index (κ1) is 24.9. The molecule has 36 heavy (non-hydrogen) atoms. The van der Waals surface area contributed by atoms with Crippen molar-refractivity contribution in [2.24, 2.45) is 0 Å². The Kier molecular flexibility index (Phi) is 7.32. The number of para-hydroxylation sites is 1. The molecule has 4 rings (SSSR count). The summed E-state index contributed by atoms with van der Waals surface area (Å²) < 4.78 is 43.3. The van der Waals surface area contributed by atoms with Crippen molar-refractivity contribution in [3.8, 4) is 23.0 Å². The SMILES string of the molecule is COc1cccc(-c2nnc(NC(=O)c3ccc(S(=O)(=O)N(C)Cc4ccccc4)cc3)o2)c1OC. The fourth-order valence-electron chi connectivity index (χ4n) is 3.49. The van der Waals surface area contributed by atoms with Crippen LogP contribution in [0.5, 0.6) is 11.5 Å². The summed E-state index contributed by atoms with van der Waals surface area (Å²) in [5.41, 5.74) is 1.59. The minimum Gasteiger partial charge on any atom is -0.493 e. The van der Waals surface area contributed by atoms with Gasteiger partial charge in [0.25, 0.3) is 11.8 Å². The molecule has 1 N–H and O–H groups in total. The molecule has 1 aromatic heterocycles. The van der Waals surface area contributed by atoms with E-state index in [4.69, 9.17) is 13.9 Å². The van der Waals surface area contributed by atoms with Crippen LogP contribution in [0.15, 0.2) is 82.1 Å². The lowest BCUT2D eigenvalue weighted by Gasteiger charge is -2.17. The molecule has 0 aliphatic rings. The average Bonchev–Trinajstić information content (AvgIpc) is 3.36. The molecule has 11 heteroatoms. The van der Waals surface area contributed by atoms with Crippen molar-refractivity contribution in [3.05, 3.63) is 83.9 Å². The molecule has 0 aliphatic heterocycles. The van der Waals surface area contributed by atoms with Crippen LogP contribution in [0, 0.1) is 0 Å². The normalized spacial score (nSPS) is 11.3. The third-order valence-electron chi connectivity index (χ3n) is 5.35. The number of aromatic nitrogens is 2. The van der Waals surface area contributed by atoms with Gasteiger partial charge in [-0.1, -0.05) is 41.5 Å². The van der Waals surface area contributed by atoms with Crippen LogP contribution < -0.4 is 14.8 Å². The van der Waals surface area contributed by atoms with Crippen LogP contribution in [0.2, 0.25) is 0 Å². The predicted octanol–water partition coefficient (Wildman–Crippen LogP) is 3.83. The highest BCUT2D eigenvalue weighted by Gasteiger charge is 2.22. The van der Waals surface area contributed by atoms with Crippen molar-refractivity contribution in [3.63, 3.8) is 0 Å². The van der Waals surface area contributed by atoms with E-state index in [0.717, 1.165) is 5.56 Å². The number of benzene rings is 3. The highest BCUT2D eigenvalue weighted by molar-refractivity contribution is 7.89. The molecule has 0 radical (unpaired) electrons. The smallest absolute Gasteiger partial charge is 0.322 e. The Morgan fingerprint density at radius 1 is 0.944 bits per heavy atom. The Bertz CT molecular complexity index is 1450. The fraction of sp³-hybridized carbons (Fsp3) is 0.160. The topological polar surface area (TPSA) is 124 Å². The number of sulfonamides is 1. The molecule has 3 aromatic carbocycles. The number of nitrogens with zero attached hydrogens (tertiary/aromatic N) is 3. The summed E-state index contributed by atoms with van der Waals surface area (Å²) in [6, 6.07) is 19.9. The highest BCUT2D eigenvalue weighted by atomic mass is 32.2. The van der Waals surface area contributed by atoms with Gasteiger partial charge in [0, 0.05) is 19.2 Å². The highest BCUT2D eigenvalue weighted by Crippen LogP contribution is 2.37. The largest absolute Gasteiger partial charge is 0.493 e. The summed E-state index contributed by atoms with van der Waals surface area (Å²) in [6.07, 6.45) is 0. The molecule has 0 fully saturated rings. The molecule has 1 heterocycles. The Balaban J connectivity index is 1.46. The first-order valence-electron chi connectivity index (χ1n) is 10.8. The van der Waals surface area contributed by atoms with Crippen LogP contribution in [0.1, 0.15) is 15.9 Å². The van der Waals surface area contributed by atoms with Crippen molar-refractivity contribution in [2.45, 2.75) is 11.4 Å². The molecule has 0 atom stereocenters. The number of hydrogen-bond donors (Lipinski definition) is 1. The number of nitrogens with one attached hydrogen (secondary N) is 1. The van der Waals surface area contributed by atoms with Gasteiger partial charge in [-0.05, 0) is 42.0 Å². The van der Waals surface area contributed by atoms with E-state index < -0.39 is 15.9 Å². The first-order valence-corrected chi connectivity index (χ1v) is 12.2. The summed E-state index contributed by atoms with van der Waals surface area (Å²) in [5.74, 6) is 0.493. The third-order valence-corrected chi connectivity index (χ3v) is 7.17. The maximum absolute atomic E-state index is 12.9. The lowest BCUT2D eigenvalue weighted by molar-refractivity contribution is 0.102. The summed E-state index contributed by atoms with van der Waals surface area (Å²) in [7, 11) is 0.770.